The molecule has 5 nitrogen and oxygen atoms in total. The van der Waals surface area contributed by atoms with Crippen LogP contribution in [0.3, 0.4) is 0 Å². The summed E-state index contributed by atoms with van der Waals surface area (Å²) in [6.45, 7) is 7.37. The fraction of sp³-hybridized carbons (Fsp3) is 0.783. The van der Waals surface area contributed by atoms with E-state index in [1.807, 2.05) is 0 Å². The molecule has 3 fully saturated rings. The van der Waals surface area contributed by atoms with Crippen molar-refractivity contribution in [2.45, 2.75) is 84.8 Å². The monoisotopic (exact) mass is 388 g/mol. The Balaban J connectivity index is 1.73. The third-order valence-corrected chi connectivity index (χ3v) is 8.36. The Morgan fingerprint density at radius 3 is 2.32 bits per heavy atom. The fourth-order valence-electron chi connectivity index (χ4n) is 7.09. The van der Waals surface area contributed by atoms with Crippen LogP contribution in [-0.2, 0) is 23.9 Å². The van der Waals surface area contributed by atoms with Crippen LogP contribution in [0.15, 0.2) is 11.6 Å². The van der Waals surface area contributed by atoms with E-state index >= 15 is 0 Å². The number of ketones is 1. The lowest BCUT2D eigenvalue weighted by Crippen LogP contribution is -2.56. The van der Waals surface area contributed by atoms with Crippen molar-refractivity contribution >= 4 is 17.7 Å². The number of hydrogen-bond acceptors (Lipinski definition) is 5. The van der Waals surface area contributed by atoms with Gasteiger partial charge in [0.1, 0.15) is 18.0 Å². The summed E-state index contributed by atoms with van der Waals surface area (Å²) in [7, 11) is 0. The van der Waals surface area contributed by atoms with Gasteiger partial charge < -0.3 is 9.47 Å². The smallest absolute Gasteiger partial charge is 0.303 e. The molecule has 0 aromatic heterocycles. The first kappa shape index (κ1) is 19.7. The van der Waals surface area contributed by atoms with Crippen LogP contribution >= 0.6 is 0 Å². The average molecular weight is 389 g/mol. The van der Waals surface area contributed by atoms with Gasteiger partial charge in [-0.05, 0) is 61.9 Å². The highest BCUT2D eigenvalue weighted by molar-refractivity contribution is 5.87. The highest BCUT2D eigenvalue weighted by Gasteiger charge is 2.61. The summed E-state index contributed by atoms with van der Waals surface area (Å²) >= 11 is 0. The molecule has 0 radical (unpaired) electrons. The molecule has 4 aliphatic carbocycles. The van der Waals surface area contributed by atoms with Crippen molar-refractivity contribution in [2.24, 2.45) is 28.6 Å². The van der Waals surface area contributed by atoms with Crippen molar-refractivity contribution in [3.8, 4) is 0 Å². The van der Waals surface area contributed by atoms with E-state index in [0.29, 0.717) is 18.1 Å². The Labute approximate surface area is 167 Å². The van der Waals surface area contributed by atoms with Crippen molar-refractivity contribution in [1.29, 1.82) is 0 Å². The zero-order chi connectivity index (χ0) is 20.3. The average Bonchev–Trinajstić information content (AvgIpc) is 2.89. The number of carbonyl (C=O) groups is 3. The highest BCUT2D eigenvalue weighted by atomic mass is 16.5. The molecule has 0 heterocycles. The molecule has 3 saturated carbocycles. The fourth-order valence-corrected chi connectivity index (χ4v) is 7.09. The Morgan fingerprint density at radius 1 is 0.964 bits per heavy atom. The molecule has 4 aliphatic rings. The van der Waals surface area contributed by atoms with Crippen molar-refractivity contribution in [1.82, 2.24) is 0 Å². The van der Waals surface area contributed by atoms with Crippen LogP contribution in [0.2, 0.25) is 0 Å². The molecule has 0 unspecified atom stereocenters. The second-order valence-electron chi connectivity index (χ2n) is 9.87. The van der Waals surface area contributed by atoms with E-state index in [2.05, 4.69) is 19.9 Å². The molecule has 0 aromatic carbocycles. The molecule has 154 valence electrons. The Hall–Kier alpha value is -1.65. The highest BCUT2D eigenvalue weighted by Crippen LogP contribution is 2.64. The molecular formula is C23H32O5. The van der Waals surface area contributed by atoms with Gasteiger partial charge in [-0.3, -0.25) is 14.4 Å². The maximum Gasteiger partial charge on any atom is 0.303 e. The van der Waals surface area contributed by atoms with Crippen molar-refractivity contribution < 1.29 is 23.9 Å². The van der Waals surface area contributed by atoms with E-state index in [1.54, 1.807) is 0 Å². The molecule has 0 N–H and O–H groups in total. The van der Waals surface area contributed by atoms with Gasteiger partial charge in [-0.15, -0.1) is 0 Å². The predicted molar refractivity (Wildman–Crippen MR) is 103 cm³/mol. The predicted octanol–water partition coefficient (Wildman–Crippen LogP) is 3.99. The summed E-state index contributed by atoms with van der Waals surface area (Å²) in [4.78, 5) is 36.1. The van der Waals surface area contributed by atoms with E-state index < -0.39 is 0 Å². The number of carbonyl (C=O) groups excluding carboxylic acids is 3. The topological polar surface area (TPSA) is 69.7 Å². The summed E-state index contributed by atoms with van der Waals surface area (Å²) in [5.74, 6) is 0.669. The van der Waals surface area contributed by atoms with Gasteiger partial charge in [0.15, 0.2) is 0 Å². The molecule has 28 heavy (non-hydrogen) atoms. The van der Waals surface area contributed by atoms with Crippen LogP contribution in [-0.4, -0.2) is 29.9 Å². The minimum absolute atomic E-state index is 0.0518. The minimum Gasteiger partial charge on any atom is -0.463 e. The second kappa shape index (κ2) is 6.70. The number of ether oxygens (including phenoxy) is 2. The maximum absolute atomic E-state index is 12.7. The Bertz CT molecular complexity index is 739. The van der Waals surface area contributed by atoms with Crippen LogP contribution in [0.25, 0.3) is 0 Å². The first-order valence-electron chi connectivity index (χ1n) is 10.7. The molecule has 7 atom stereocenters. The standard InChI is InChI=1S/C23H32O5/c1-13(24)27-16-6-5-15-11-19(28-14(2)25)21-17-7-8-20(26)22(17,3)10-9-18(21)23(15,4)12-16/h11,16-19,21H,5-10,12H2,1-4H3/t16-,17-,18-,19+,21-,22-,23-/m0/s1. The zero-order valence-electron chi connectivity index (χ0n) is 17.5. The summed E-state index contributed by atoms with van der Waals surface area (Å²) in [5.41, 5.74) is 0.994. The second-order valence-corrected chi connectivity index (χ2v) is 9.87. The summed E-state index contributed by atoms with van der Waals surface area (Å²) in [5, 5.41) is 0. The Morgan fingerprint density at radius 2 is 1.64 bits per heavy atom. The first-order chi connectivity index (χ1) is 13.1. The number of Topliss-reactive ketones (excluding diaryl/α,β-unsaturated/α-hetero) is 1. The van der Waals surface area contributed by atoms with Gasteiger partial charge in [-0.1, -0.05) is 19.4 Å². The van der Waals surface area contributed by atoms with Gasteiger partial charge in [-0.2, -0.15) is 0 Å². The normalized spacial score (nSPS) is 44.6. The van der Waals surface area contributed by atoms with Crippen LogP contribution in [0.1, 0.15) is 72.6 Å². The van der Waals surface area contributed by atoms with Gasteiger partial charge >= 0.3 is 11.9 Å². The van der Waals surface area contributed by atoms with Crippen LogP contribution < -0.4 is 0 Å². The lowest BCUT2D eigenvalue weighted by Gasteiger charge is -2.58. The van der Waals surface area contributed by atoms with Crippen molar-refractivity contribution in [3.63, 3.8) is 0 Å². The van der Waals surface area contributed by atoms with Gasteiger partial charge in [-0.25, -0.2) is 0 Å². The number of hydrogen-bond donors (Lipinski definition) is 0. The molecule has 0 aromatic rings. The summed E-state index contributed by atoms with van der Waals surface area (Å²) in [6.07, 6.45) is 7.80. The van der Waals surface area contributed by atoms with Crippen LogP contribution in [0, 0.1) is 28.6 Å². The van der Waals surface area contributed by atoms with Gasteiger partial charge in [0.05, 0.1) is 0 Å². The van der Waals surface area contributed by atoms with Crippen molar-refractivity contribution in [2.75, 3.05) is 0 Å². The molecule has 0 bridgehead atoms. The molecule has 5 heteroatoms. The minimum atomic E-state index is -0.286. The van der Waals surface area contributed by atoms with E-state index in [4.69, 9.17) is 9.47 Å². The van der Waals surface area contributed by atoms with E-state index in [9.17, 15) is 14.4 Å². The van der Waals surface area contributed by atoms with Gasteiger partial charge in [0.25, 0.3) is 0 Å². The van der Waals surface area contributed by atoms with E-state index in [0.717, 1.165) is 38.5 Å². The summed E-state index contributed by atoms with van der Waals surface area (Å²) < 4.78 is 11.4. The molecule has 0 saturated heterocycles. The molecule has 0 spiro atoms. The maximum atomic E-state index is 12.7. The van der Waals surface area contributed by atoms with Crippen molar-refractivity contribution in [3.05, 3.63) is 11.6 Å². The van der Waals surface area contributed by atoms with Gasteiger partial charge in [0, 0.05) is 31.6 Å². The van der Waals surface area contributed by atoms with E-state index in [-0.39, 0.29) is 46.8 Å². The largest absolute Gasteiger partial charge is 0.463 e. The molecule has 0 amide bonds. The lowest BCUT2D eigenvalue weighted by molar-refractivity contribution is -0.162. The molecular weight excluding hydrogens is 356 g/mol. The number of allylic oxidation sites excluding steroid dienone is 1. The first-order valence-corrected chi connectivity index (χ1v) is 10.7. The third kappa shape index (κ3) is 2.93. The van der Waals surface area contributed by atoms with Gasteiger partial charge in [0.2, 0.25) is 0 Å². The molecule has 0 aliphatic heterocycles. The van der Waals surface area contributed by atoms with E-state index in [1.165, 1.54) is 19.4 Å². The third-order valence-electron chi connectivity index (χ3n) is 8.36. The quantitative estimate of drug-likeness (QED) is 0.528. The number of fused-ring (bicyclic) bond motifs is 5. The molecule has 4 rings (SSSR count). The zero-order valence-corrected chi connectivity index (χ0v) is 17.5. The lowest BCUT2D eigenvalue weighted by atomic mass is 9.47. The van der Waals surface area contributed by atoms with Crippen LogP contribution in [0.5, 0.6) is 0 Å². The SMILES string of the molecule is CC(=O)O[C@H]1CCC2=C[C@@H](OC(C)=O)[C@@H]3[C@H](CC[C@]4(C)C(=O)CC[C@@H]34)[C@@]2(C)C1. The summed E-state index contributed by atoms with van der Waals surface area (Å²) in [6, 6.07) is 0. The number of rotatable bonds is 2. The Kier molecular flexibility index (Phi) is 4.71. The van der Waals surface area contributed by atoms with Crippen LogP contribution in [0.4, 0.5) is 0 Å². The number of esters is 2.